The number of nitrogens with one attached hydrogen (secondary N) is 2. The normalized spacial score (nSPS) is 11.7. The third kappa shape index (κ3) is 5.67. The fourth-order valence-corrected chi connectivity index (χ4v) is 3.78. The summed E-state index contributed by atoms with van der Waals surface area (Å²) in [5.41, 5.74) is 3.60. The van der Waals surface area contributed by atoms with Crippen LogP contribution in [0.25, 0.3) is 0 Å². The fourth-order valence-electron chi connectivity index (χ4n) is 3.06. The highest BCUT2D eigenvalue weighted by Crippen LogP contribution is 2.21. The van der Waals surface area contributed by atoms with Gasteiger partial charge in [0.15, 0.2) is 11.0 Å². The SMILES string of the molecule is COc1ccc(C(=O)N[C@H](C)c2nnc(SCC(=O)Nc3ccc(C)c(C)c3)n2C)cc1. The smallest absolute Gasteiger partial charge is 0.251 e. The Morgan fingerprint density at radius 1 is 1.09 bits per heavy atom. The van der Waals surface area contributed by atoms with Crippen molar-refractivity contribution in [1.82, 2.24) is 20.1 Å². The Morgan fingerprint density at radius 2 is 1.81 bits per heavy atom. The molecule has 0 radical (unpaired) electrons. The molecular formula is C23H27N5O3S. The number of benzene rings is 2. The molecule has 2 aromatic carbocycles. The van der Waals surface area contributed by atoms with Crippen molar-refractivity contribution in [2.75, 3.05) is 18.2 Å². The summed E-state index contributed by atoms with van der Waals surface area (Å²) in [4.78, 5) is 24.8. The maximum atomic E-state index is 12.5. The van der Waals surface area contributed by atoms with Crippen LogP contribution < -0.4 is 15.4 Å². The number of aromatic nitrogens is 3. The molecule has 0 bridgehead atoms. The predicted octanol–water partition coefficient (Wildman–Crippen LogP) is 3.66. The highest BCUT2D eigenvalue weighted by molar-refractivity contribution is 7.99. The van der Waals surface area contributed by atoms with E-state index in [9.17, 15) is 9.59 Å². The fraction of sp³-hybridized carbons (Fsp3) is 0.304. The van der Waals surface area contributed by atoms with Gasteiger partial charge in [0, 0.05) is 18.3 Å². The maximum absolute atomic E-state index is 12.5. The lowest BCUT2D eigenvalue weighted by Crippen LogP contribution is -2.28. The molecule has 3 rings (SSSR count). The van der Waals surface area contributed by atoms with E-state index >= 15 is 0 Å². The largest absolute Gasteiger partial charge is 0.497 e. The average Bonchev–Trinajstić information content (AvgIpc) is 3.15. The molecular weight excluding hydrogens is 426 g/mol. The topological polar surface area (TPSA) is 98.1 Å². The molecule has 1 aromatic heterocycles. The molecule has 0 spiro atoms. The van der Waals surface area contributed by atoms with Gasteiger partial charge < -0.3 is 19.9 Å². The van der Waals surface area contributed by atoms with Crippen LogP contribution in [0.15, 0.2) is 47.6 Å². The lowest BCUT2D eigenvalue weighted by Gasteiger charge is -2.14. The summed E-state index contributed by atoms with van der Waals surface area (Å²) >= 11 is 1.29. The van der Waals surface area contributed by atoms with Gasteiger partial charge in [0.2, 0.25) is 5.91 Å². The quantitative estimate of drug-likeness (QED) is 0.505. The summed E-state index contributed by atoms with van der Waals surface area (Å²) in [6, 6.07) is 12.3. The number of thioether (sulfide) groups is 1. The molecule has 168 valence electrons. The van der Waals surface area contributed by atoms with Crippen molar-refractivity contribution in [2.24, 2.45) is 7.05 Å². The minimum atomic E-state index is -0.360. The van der Waals surface area contributed by atoms with E-state index in [1.54, 1.807) is 35.9 Å². The third-order valence-corrected chi connectivity index (χ3v) is 6.10. The van der Waals surface area contributed by atoms with Crippen LogP contribution >= 0.6 is 11.8 Å². The van der Waals surface area contributed by atoms with E-state index in [1.807, 2.05) is 46.0 Å². The number of methoxy groups -OCH3 is 1. The Bertz CT molecular complexity index is 1110. The highest BCUT2D eigenvalue weighted by Gasteiger charge is 2.19. The Balaban J connectivity index is 1.57. The Labute approximate surface area is 191 Å². The monoisotopic (exact) mass is 453 g/mol. The van der Waals surface area contributed by atoms with Crippen LogP contribution in [0.5, 0.6) is 5.75 Å². The molecule has 0 unspecified atom stereocenters. The first kappa shape index (κ1) is 23.3. The number of amides is 2. The van der Waals surface area contributed by atoms with Crippen molar-refractivity contribution in [3.8, 4) is 5.75 Å². The molecule has 32 heavy (non-hydrogen) atoms. The first-order valence-corrected chi connectivity index (χ1v) is 11.1. The minimum Gasteiger partial charge on any atom is -0.497 e. The maximum Gasteiger partial charge on any atom is 0.251 e. The number of carbonyl (C=O) groups is 2. The van der Waals surface area contributed by atoms with Gasteiger partial charge in [0.1, 0.15) is 5.75 Å². The van der Waals surface area contributed by atoms with Gasteiger partial charge in [-0.05, 0) is 68.3 Å². The van der Waals surface area contributed by atoms with Crippen LogP contribution in [0, 0.1) is 13.8 Å². The van der Waals surface area contributed by atoms with Crippen LogP contribution in [0.3, 0.4) is 0 Å². The summed E-state index contributed by atoms with van der Waals surface area (Å²) in [5.74, 6) is 1.15. The molecule has 8 nitrogen and oxygen atoms in total. The number of nitrogens with zero attached hydrogens (tertiary/aromatic N) is 3. The zero-order valence-electron chi connectivity index (χ0n) is 18.8. The van der Waals surface area contributed by atoms with E-state index in [0.717, 1.165) is 11.3 Å². The number of rotatable bonds is 8. The van der Waals surface area contributed by atoms with Crippen molar-refractivity contribution >= 4 is 29.3 Å². The van der Waals surface area contributed by atoms with Crippen LogP contribution in [-0.4, -0.2) is 39.4 Å². The first-order chi connectivity index (χ1) is 15.3. The summed E-state index contributed by atoms with van der Waals surface area (Å²) in [6.45, 7) is 5.88. The summed E-state index contributed by atoms with van der Waals surface area (Å²) in [6.07, 6.45) is 0. The molecule has 1 heterocycles. The number of anilines is 1. The second-order valence-corrected chi connectivity index (χ2v) is 8.40. The number of aryl methyl sites for hydroxylation is 2. The molecule has 2 N–H and O–H groups in total. The second kappa shape index (κ2) is 10.3. The highest BCUT2D eigenvalue weighted by atomic mass is 32.2. The number of hydrogen-bond donors (Lipinski definition) is 2. The van der Waals surface area contributed by atoms with E-state index < -0.39 is 0 Å². The summed E-state index contributed by atoms with van der Waals surface area (Å²) < 4.78 is 6.90. The van der Waals surface area contributed by atoms with Crippen molar-refractivity contribution in [1.29, 1.82) is 0 Å². The summed E-state index contributed by atoms with van der Waals surface area (Å²) in [5, 5.41) is 14.8. The molecule has 9 heteroatoms. The average molecular weight is 454 g/mol. The van der Waals surface area contributed by atoms with Crippen LogP contribution in [0.1, 0.15) is 40.3 Å². The number of carbonyl (C=O) groups excluding carboxylic acids is 2. The lowest BCUT2D eigenvalue weighted by molar-refractivity contribution is -0.113. The Morgan fingerprint density at radius 3 is 2.47 bits per heavy atom. The zero-order valence-corrected chi connectivity index (χ0v) is 19.6. The van der Waals surface area contributed by atoms with Crippen LogP contribution in [0.4, 0.5) is 5.69 Å². The first-order valence-electron chi connectivity index (χ1n) is 10.1. The Kier molecular flexibility index (Phi) is 7.53. The molecule has 0 aliphatic heterocycles. The summed E-state index contributed by atoms with van der Waals surface area (Å²) in [7, 11) is 3.39. The van der Waals surface area contributed by atoms with E-state index in [-0.39, 0.29) is 23.6 Å². The predicted molar refractivity (Wildman–Crippen MR) is 125 cm³/mol. The van der Waals surface area contributed by atoms with Crippen LogP contribution in [0.2, 0.25) is 0 Å². The number of hydrogen-bond acceptors (Lipinski definition) is 6. The second-order valence-electron chi connectivity index (χ2n) is 7.46. The molecule has 0 aliphatic carbocycles. The van der Waals surface area contributed by atoms with Crippen molar-refractivity contribution in [3.05, 3.63) is 65.0 Å². The Hall–Kier alpha value is -3.33. The minimum absolute atomic E-state index is 0.122. The van der Waals surface area contributed by atoms with E-state index in [0.29, 0.717) is 22.3 Å². The van der Waals surface area contributed by atoms with E-state index in [1.165, 1.54) is 17.3 Å². The van der Waals surface area contributed by atoms with Gasteiger partial charge >= 0.3 is 0 Å². The zero-order chi connectivity index (χ0) is 23.3. The molecule has 1 atom stereocenters. The van der Waals surface area contributed by atoms with Crippen molar-refractivity contribution in [2.45, 2.75) is 32.0 Å². The molecule has 0 saturated carbocycles. The van der Waals surface area contributed by atoms with E-state index in [4.69, 9.17) is 4.74 Å². The van der Waals surface area contributed by atoms with Gasteiger partial charge in [0.05, 0.1) is 18.9 Å². The molecule has 0 saturated heterocycles. The standard InChI is InChI=1S/C23H27N5O3S/c1-14-6-9-18(12-15(14)2)25-20(29)13-32-23-27-26-21(28(23)4)16(3)24-22(30)17-7-10-19(31-5)11-8-17/h6-12,16H,13H2,1-5H3,(H,24,30)(H,25,29)/t16-/m1/s1. The molecule has 2 amide bonds. The van der Waals surface area contributed by atoms with Gasteiger partial charge in [-0.15, -0.1) is 10.2 Å². The van der Waals surface area contributed by atoms with E-state index in [2.05, 4.69) is 20.8 Å². The molecule has 0 fully saturated rings. The van der Waals surface area contributed by atoms with Crippen molar-refractivity contribution in [3.63, 3.8) is 0 Å². The molecule has 3 aromatic rings. The van der Waals surface area contributed by atoms with Gasteiger partial charge in [-0.2, -0.15) is 0 Å². The van der Waals surface area contributed by atoms with Crippen LogP contribution in [-0.2, 0) is 11.8 Å². The van der Waals surface area contributed by atoms with Gasteiger partial charge in [-0.25, -0.2) is 0 Å². The third-order valence-electron chi connectivity index (χ3n) is 5.08. The molecule has 0 aliphatic rings. The van der Waals surface area contributed by atoms with Gasteiger partial charge in [0.25, 0.3) is 5.91 Å². The van der Waals surface area contributed by atoms with Gasteiger partial charge in [-0.3, -0.25) is 9.59 Å². The van der Waals surface area contributed by atoms with Gasteiger partial charge in [-0.1, -0.05) is 17.8 Å². The van der Waals surface area contributed by atoms with Crippen molar-refractivity contribution < 1.29 is 14.3 Å². The lowest BCUT2D eigenvalue weighted by atomic mass is 10.1. The number of ether oxygens (including phenoxy) is 1.